The number of thiophene rings is 1. The van der Waals surface area contributed by atoms with Crippen molar-refractivity contribution in [2.45, 2.75) is 17.2 Å². The van der Waals surface area contributed by atoms with Gasteiger partial charge in [-0.15, -0.1) is 11.3 Å². The first-order chi connectivity index (χ1) is 16.4. The molecule has 4 aromatic rings. The van der Waals surface area contributed by atoms with Crippen molar-refractivity contribution in [3.05, 3.63) is 79.1 Å². The van der Waals surface area contributed by atoms with Crippen LogP contribution in [-0.4, -0.2) is 68.7 Å². The Kier molecular flexibility index (Phi) is 5.98. The van der Waals surface area contributed by atoms with Gasteiger partial charge in [-0.3, -0.25) is 9.36 Å². The van der Waals surface area contributed by atoms with Crippen LogP contribution in [0.15, 0.2) is 77.8 Å². The molecule has 1 atom stereocenters. The maximum atomic E-state index is 13.4. The fourth-order valence-corrected chi connectivity index (χ4v) is 6.99. The number of benzene rings is 1. The summed E-state index contributed by atoms with van der Waals surface area (Å²) in [5.74, 6) is 0.563. The normalized spacial score (nSPS) is 17.1. The standard InChI is InChI=1S/C23H22N6O3S2/c1-17-14-27(23(30)18-5-3-2-4-6-18)11-12-29(17)34(31,32)22-8-7-20(33-22)19-13-21(26-15-25-19)28-10-9-24-16-28/h2-10,13,15-17H,11-12,14H2,1H3. The van der Waals surface area contributed by atoms with E-state index in [1.165, 1.54) is 22.0 Å². The molecule has 1 unspecified atom stereocenters. The summed E-state index contributed by atoms with van der Waals surface area (Å²) in [6, 6.07) is 13.9. The summed E-state index contributed by atoms with van der Waals surface area (Å²) in [6.07, 6.45) is 6.52. The number of imidazole rings is 1. The van der Waals surface area contributed by atoms with E-state index in [0.29, 0.717) is 30.2 Å². The van der Waals surface area contributed by atoms with Gasteiger partial charge in [0.05, 0.1) is 10.6 Å². The van der Waals surface area contributed by atoms with Crippen molar-refractivity contribution in [1.82, 2.24) is 28.7 Å². The summed E-state index contributed by atoms with van der Waals surface area (Å²) in [4.78, 5) is 27.8. The fourth-order valence-electron chi connectivity index (χ4n) is 3.98. The van der Waals surface area contributed by atoms with E-state index in [2.05, 4.69) is 15.0 Å². The summed E-state index contributed by atoms with van der Waals surface area (Å²) in [5, 5.41) is 0. The topological polar surface area (TPSA) is 101 Å². The maximum absolute atomic E-state index is 13.4. The molecule has 0 saturated carbocycles. The molecule has 1 aliphatic rings. The van der Waals surface area contributed by atoms with Crippen LogP contribution in [0.4, 0.5) is 0 Å². The lowest BCUT2D eigenvalue weighted by molar-refractivity contribution is 0.0642. The van der Waals surface area contributed by atoms with Gasteiger partial charge in [-0.25, -0.2) is 23.4 Å². The van der Waals surface area contributed by atoms with Crippen LogP contribution in [0.25, 0.3) is 16.4 Å². The summed E-state index contributed by atoms with van der Waals surface area (Å²) in [7, 11) is -3.71. The van der Waals surface area contributed by atoms with Crippen LogP contribution < -0.4 is 0 Å². The van der Waals surface area contributed by atoms with E-state index in [1.807, 2.05) is 25.1 Å². The zero-order valence-electron chi connectivity index (χ0n) is 18.4. The highest BCUT2D eigenvalue weighted by atomic mass is 32.2. The predicted octanol–water partition coefficient (Wildman–Crippen LogP) is 2.93. The Morgan fingerprint density at radius 1 is 1.09 bits per heavy atom. The van der Waals surface area contributed by atoms with Gasteiger partial charge in [0.2, 0.25) is 0 Å². The first-order valence-electron chi connectivity index (χ1n) is 10.7. The second kappa shape index (κ2) is 9.09. The molecule has 1 aliphatic heterocycles. The van der Waals surface area contributed by atoms with Gasteiger partial charge in [0, 0.05) is 49.7 Å². The lowest BCUT2D eigenvalue weighted by atomic mass is 10.1. The predicted molar refractivity (Wildman–Crippen MR) is 128 cm³/mol. The minimum atomic E-state index is -3.71. The largest absolute Gasteiger partial charge is 0.336 e. The highest BCUT2D eigenvalue weighted by Gasteiger charge is 2.36. The summed E-state index contributed by atoms with van der Waals surface area (Å²) in [6.45, 7) is 2.76. The lowest BCUT2D eigenvalue weighted by Crippen LogP contribution is -2.55. The van der Waals surface area contributed by atoms with Gasteiger partial charge in [0.1, 0.15) is 22.7 Å². The number of carbonyl (C=O) groups is 1. The zero-order chi connectivity index (χ0) is 23.7. The van der Waals surface area contributed by atoms with Crippen LogP contribution in [-0.2, 0) is 10.0 Å². The Bertz CT molecular complexity index is 1400. The number of rotatable bonds is 5. The van der Waals surface area contributed by atoms with E-state index >= 15 is 0 Å². The van der Waals surface area contributed by atoms with Crippen LogP contribution in [0.5, 0.6) is 0 Å². The van der Waals surface area contributed by atoms with Crippen molar-refractivity contribution < 1.29 is 13.2 Å². The Morgan fingerprint density at radius 2 is 1.91 bits per heavy atom. The molecule has 0 radical (unpaired) electrons. The molecule has 0 N–H and O–H groups in total. The van der Waals surface area contributed by atoms with E-state index in [-0.39, 0.29) is 22.7 Å². The number of amides is 1. The van der Waals surface area contributed by atoms with Crippen molar-refractivity contribution >= 4 is 27.3 Å². The molecule has 4 heterocycles. The molecule has 9 nitrogen and oxygen atoms in total. The van der Waals surface area contributed by atoms with Crippen molar-refractivity contribution in [3.63, 3.8) is 0 Å². The number of hydrogen-bond donors (Lipinski definition) is 0. The molecule has 5 rings (SSSR count). The summed E-state index contributed by atoms with van der Waals surface area (Å²) < 4.78 is 30.3. The van der Waals surface area contributed by atoms with E-state index in [9.17, 15) is 13.2 Å². The molecule has 3 aromatic heterocycles. The van der Waals surface area contributed by atoms with Crippen molar-refractivity contribution in [2.24, 2.45) is 0 Å². The van der Waals surface area contributed by atoms with Crippen LogP contribution >= 0.6 is 11.3 Å². The molecule has 1 saturated heterocycles. The van der Waals surface area contributed by atoms with Crippen LogP contribution in [0.1, 0.15) is 17.3 Å². The van der Waals surface area contributed by atoms with Gasteiger partial charge in [0.15, 0.2) is 0 Å². The Balaban J connectivity index is 1.33. The maximum Gasteiger partial charge on any atom is 0.253 e. The lowest BCUT2D eigenvalue weighted by Gasteiger charge is -2.38. The average molecular weight is 495 g/mol. The molecule has 1 aromatic carbocycles. The van der Waals surface area contributed by atoms with E-state index < -0.39 is 10.0 Å². The Labute approximate surface area is 201 Å². The van der Waals surface area contributed by atoms with Gasteiger partial charge in [-0.05, 0) is 31.2 Å². The molecule has 174 valence electrons. The summed E-state index contributed by atoms with van der Waals surface area (Å²) in [5.41, 5.74) is 1.24. The number of hydrogen-bond acceptors (Lipinski definition) is 7. The third-order valence-corrected chi connectivity index (χ3v) is 9.28. The first-order valence-corrected chi connectivity index (χ1v) is 13.0. The molecule has 1 fully saturated rings. The van der Waals surface area contributed by atoms with Gasteiger partial charge < -0.3 is 4.90 Å². The smallest absolute Gasteiger partial charge is 0.253 e. The molecular weight excluding hydrogens is 472 g/mol. The molecule has 11 heteroatoms. The van der Waals surface area contributed by atoms with Crippen molar-refractivity contribution in [3.8, 4) is 16.4 Å². The van der Waals surface area contributed by atoms with E-state index in [1.54, 1.807) is 58.5 Å². The number of sulfonamides is 1. The van der Waals surface area contributed by atoms with Gasteiger partial charge >= 0.3 is 0 Å². The molecule has 1 amide bonds. The third kappa shape index (κ3) is 4.25. The van der Waals surface area contributed by atoms with Gasteiger partial charge in [-0.1, -0.05) is 18.2 Å². The SMILES string of the molecule is CC1CN(C(=O)c2ccccc2)CCN1S(=O)(=O)c1ccc(-c2cc(-n3ccnc3)ncn2)s1. The van der Waals surface area contributed by atoms with Gasteiger partial charge in [-0.2, -0.15) is 4.31 Å². The number of nitrogens with zero attached hydrogens (tertiary/aromatic N) is 6. The van der Waals surface area contributed by atoms with Crippen molar-refractivity contribution in [1.29, 1.82) is 0 Å². The Hall–Kier alpha value is -3.41. The second-order valence-electron chi connectivity index (χ2n) is 7.93. The van der Waals surface area contributed by atoms with Crippen LogP contribution in [0, 0.1) is 0 Å². The monoisotopic (exact) mass is 494 g/mol. The molecule has 0 aliphatic carbocycles. The average Bonchev–Trinajstić information content (AvgIpc) is 3.57. The number of aromatic nitrogens is 4. The van der Waals surface area contributed by atoms with Crippen LogP contribution in [0.3, 0.4) is 0 Å². The molecular formula is C23H22N6O3S2. The fraction of sp³-hybridized carbons (Fsp3) is 0.217. The molecule has 0 spiro atoms. The van der Waals surface area contributed by atoms with Crippen molar-refractivity contribution in [2.75, 3.05) is 19.6 Å². The first kappa shape index (κ1) is 22.4. The zero-order valence-corrected chi connectivity index (χ0v) is 20.0. The summed E-state index contributed by atoms with van der Waals surface area (Å²) >= 11 is 1.17. The van der Waals surface area contributed by atoms with Gasteiger partial charge in [0.25, 0.3) is 15.9 Å². The highest BCUT2D eigenvalue weighted by Crippen LogP contribution is 2.33. The Morgan fingerprint density at radius 3 is 2.65 bits per heavy atom. The highest BCUT2D eigenvalue weighted by molar-refractivity contribution is 7.91. The van der Waals surface area contributed by atoms with Crippen LogP contribution in [0.2, 0.25) is 0 Å². The molecule has 0 bridgehead atoms. The van der Waals surface area contributed by atoms with E-state index in [4.69, 9.17) is 0 Å². The quantitative estimate of drug-likeness (QED) is 0.423. The minimum Gasteiger partial charge on any atom is -0.336 e. The number of carbonyl (C=O) groups excluding carboxylic acids is 1. The minimum absolute atomic E-state index is 0.0830. The van der Waals surface area contributed by atoms with E-state index in [0.717, 1.165) is 4.88 Å². The third-order valence-electron chi connectivity index (χ3n) is 5.69. The second-order valence-corrected chi connectivity index (χ2v) is 11.1. The number of piperazine rings is 1. The molecule has 34 heavy (non-hydrogen) atoms.